The number of benzene rings is 3. The number of carbonyl (C=O) groups excluding carboxylic acids is 1. The Labute approximate surface area is 234 Å². The van der Waals surface area contributed by atoms with Gasteiger partial charge >= 0.3 is 5.97 Å². The van der Waals surface area contributed by atoms with E-state index in [1.165, 1.54) is 4.80 Å². The van der Waals surface area contributed by atoms with Gasteiger partial charge in [-0.1, -0.05) is 91.0 Å². The molecule has 1 fully saturated rings. The fourth-order valence-corrected chi connectivity index (χ4v) is 5.55. The van der Waals surface area contributed by atoms with Crippen LogP contribution in [0.25, 0.3) is 6.08 Å². The van der Waals surface area contributed by atoms with Crippen LogP contribution in [0, 0.1) is 0 Å². The molecule has 40 heavy (non-hydrogen) atoms. The Morgan fingerprint density at radius 3 is 2.10 bits per heavy atom. The van der Waals surface area contributed by atoms with E-state index in [1.54, 1.807) is 6.92 Å². The molecule has 0 saturated carbocycles. The zero-order valence-electron chi connectivity index (χ0n) is 22.8. The molecule has 5 rings (SSSR count). The molecule has 206 valence electrons. The van der Waals surface area contributed by atoms with Crippen molar-refractivity contribution in [3.05, 3.63) is 119 Å². The van der Waals surface area contributed by atoms with Gasteiger partial charge in [0.1, 0.15) is 0 Å². The van der Waals surface area contributed by atoms with Crippen molar-refractivity contribution in [1.82, 2.24) is 25.1 Å². The molecule has 1 unspecified atom stereocenters. The molecule has 4 aromatic rings. The van der Waals surface area contributed by atoms with Crippen molar-refractivity contribution in [1.29, 1.82) is 0 Å². The lowest BCUT2D eigenvalue weighted by Crippen LogP contribution is -2.52. The predicted octanol–water partition coefficient (Wildman–Crippen LogP) is 4.46. The predicted molar refractivity (Wildman–Crippen MR) is 153 cm³/mol. The number of likely N-dealkylation sites (tertiary alicyclic amines) is 1. The third kappa shape index (κ3) is 5.88. The summed E-state index contributed by atoms with van der Waals surface area (Å²) in [6.45, 7) is 3.85. The number of hydrogen-bond acceptors (Lipinski definition) is 7. The van der Waals surface area contributed by atoms with Crippen LogP contribution in [-0.4, -0.2) is 62.0 Å². The molecule has 8 heteroatoms. The van der Waals surface area contributed by atoms with E-state index < -0.39 is 11.6 Å². The maximum absolute atomic E-state index is 11.6. The number of aliphatic hydroxyl groups is 1. The number of esters is 1. The second-order valence-corrected chi connectivity index (χ2v) is 9.91. The van der Waals surface area contributed by atoms with E-state index in [0.717, 1.165) is 22.3 Å². The largest absolute Gasteiger partial charge is 0.466 e. The average molecular weight is 538 g/mol. The molecule has 1 aliphatic rings. The van der Waals surface area contributed by atoms with E-state index in [2.05, 4.69) is 93.1 Å². The quantitative estimate of drug-likeness (QED) is 0.236. The summed E-state index contributed by atoms with van der Waals surface area (Å²) < 4.78 is 4.98. The SMILES string of the molecule is CCOC(=O)CCCn1nnc(C=C2CN(C(c3ccccc3)(c3ccccc3)c3ccccc3)CCC2O)n1. The van der Waals surface area contributed by atoms with Crippen LogP contribution in [0.5, 0.6) is 0 Å². The molecule has 0 amide bonds. The van der Waals surface area contributed by atoms with Crippen LogP contribution in [0.3, 0.4) is 0 Å². The van der Waals surface area contributed by atoms with Crippen LogP contribution in [0.15, 0.2) is 96.6 Å². The second kappa shape index (κ2) is 12.8. The Hall–Kier alpha value is -4.14. The van der Waals surface area contributed by atoms with Gasteiger partial charge in [0.2, 0.25) is 0 Å². The highest BCUT2D eigenvalue weighted by Crippen LogP contribution is 2.44. The van der Waals surface area contributed by atoms with Crippen LogP contribution in [0.2, 0.25) is 0 Å². The summed E-state index contributed by atoms with van der Waals surface area (Å²) in [6, 6.07) is 31.7. The lowest BCUT2D eigenvalue weighted by molar-refractivity contribution is -0.143. The van der Waals surface area contributed by atoms with Gasteiger partial charge in [0.15, 0.2) is 5.82 Å². The summed E-state index contributed by atoms with van der Waals surface area (Å²) in [5.74, 6) is 0.214. The van der Waals surface area contributed by atoms with Crippen molar-refractivity contribution in [3.63, 3.8) is 0 Å². The molecule has 0 spiro atoms. The molecule has 1 atom stereocenters. The number of piperidine rings is 1. The Bertz CT molecular complexity index is 1310. The smallest absolute Gasteiger partial charge is 0.305 e. The minimum Gasteiger partial charge on any atom is -0.466 e. The molecule has 1 N–H and O–H groups in total. The zero-order chi connectivity index (χ0) is 27.8. The molecule has 1 saturated heterocycles. The number of rotatable bonds is 10. The number of hydrogen-bond donors (Lipinski definition) is 1. The third-order valence-corrected chi connectivity index (χ3v) is 7.35. The topological polar surface area (TPSA) is 93.4 Å². The van der Waals surface area contributed by atoms with Crippen LogP contribution in [-0.2, 0) is 21.6 Å². The van der Waals surface area contributed by atoms with Crippen molar-refractivity contribution in [3.8, 4) is 0 Å². The van der Waals surface area contributed by atoms with Gasteiger partial charge in [-0.05, 0) is 53.3 Å². The summed E-state index contributed by atoms with van der Waals surface area (Å²) in [5.41, 5.74) is 3.75. The number of carbonyl (C=O) groups is 1. The van der Waals surface area contributed by atoms with Crippen LogP contribution < -0.4 is 0 Å². The minimum absolute atomic E-state index is 0.228. The van der Waals surface area contributed by atoms with Gasteiger partial charge in [0.05, 0.1) is 24.8 Å². The van der Waals surface area contributed by atoms with Crippen LogP contribution in [0.1, 0.15) is 48.7 Å². The highest BCUT2D eigenvalue weighted by Gasteiger charge is 2.44. The molecule has 0 bridgehead atoms. The fraction of sp³-hybridized carbons (Fsp3) is 0.312. The van der Waals surface area contributed by atoms with E-state index in [4.69, 9.17) is 4.74 Å². The molecule has 1 aromatic heterocycles. The number of nitrogens with zero attached hydrogens (tertiary/aromatic N) is 5. The highest BCUT2D eigenvalue weighted by molar-refractivity contribution is 5.69. The highest BCUT2D eigenvalue weighted by atomic mass is 16.5. The maximum atomic E-state index is 11.6. The number of aliphatic hydroxyl groups excluding tert-OH is 1. The van der Waals surface area contributed by atoms with Gasteiger partial charge in [0.25, 0.3) is 0 Å². The van der Waals surface area contributed by atoms with Gasteiger partial charge in [-0.3, -0.25) is 9.69 Å². The van der Waals surface area contributed by atoms with Crippen molar-refractivity contribution in [2.24, 2.45) is 0 Å². The lowest BCUT2D eigenvalue weighted by atomic mass is 9.74. The minimum atomic E-state index is -0.605. The summed E-state index contributed by atoms with van der Waals surface area (Å²) in [4.78, 5) is 15.6. The monoisotopic (exact) mass is 537 g/mol. The molecule has 1 aliphatic heterocycles. The lowest BCUT2D eigenvalue weighted by Gasteiger charge is -2.48. The van der Waals surface area contributed by atoms with Crippen molar-refractivity contribution in [2.45, 2.75) is 44.4 Å². The third-order valence-electron chi connectivity index (χ3n) is 7.35. The van der Waals surface area contributed by atoms with Crippen molar-refractivity contribution < 1.29 is 14.6 Å². The zero-order valence-corrected chi connectivity index (χ0v) is 22.8. The first-order valence-electron chi connectivity index (χ1n) is 13.8. The van der Waals surface area contributed by atoms with Crippen LogP contribution in [0.4, 0.5) is 0 Å². The van der Waals surface area contributed by atoms with Gasteiger partial charge in [-0.25, -0.2) is 0 Å². The van der Waals surface area contributed by atoms with E-state index in [1.807, 2.05) is 24.3 Å². The Morgan fingerprint density at radius 1 is 0.975 bits per heavy atom. The first kappa shape index (κ1) is 27.4. The summed E-state index contributed by atoms with van der Waals surface area (Å²) in [5, 5.41) is 23.9. The Balaban J connectivity index is 1.48. The van der Waals surface area contributed by atoms with E-state index in [0.29, 0.717) is 51.3 Å². The first-order valence-corrected chi connectivity index (χ1v) is 13.8. The molecule has 0 aliphatic carbocycles. The number of aromatic nitrogens is 4. The van der Waals surface area contributed by atoms with Crippen molar-refractivity contribution >= 4 is 12.0 Å². The van der Waals surface area contributed by atoms with Gasteiger partial charge < -0.3 is 9.84 Å². The summed E-state index contributed by atoms with van der Waals surface area (Å²) in [7, 11) is 0. The number of tetrazole rings is 1. The van der Waals surface area contributed by atoms with Gasteiger partial charge in [-0.2, -0.15) is 4.80 Å². The normalized spacial score (nSPS) is 17.1. The van der Waals surface area contributed by atoms with Gasteiger partial charge in [-0.15, -0.1) is 10.2 Å². The molecular weight excluding hydrogens is 502 g/mol. The molecule has 0 radical (unpaired) electrons. The average Bonchev–Trinajstić information content (AvgIpc) is 3.44. The molecular formula is C32H35N5O3. The Kier molecular flexibility index (Phi) is 8.78. The number of ether oxygens (including phenoxy) is 1. The molecule has 3 aromatic carbocycles. The van der Waals surface area contributed by atoms with E-state index in [-0.39, 0.29) is 5.97 Å². The molecule has 8 nitrogen and oxygen atoms in total. The molecule has 2 heterocycles. The Morgan fingerprint density at radius 2 is 1.55 bits per heavy atom. The van der Waals surface area contributed by atoms with Crippen molar-refractivity contribution in [2.75, 3.05) is 19.7 Å². The second-order valence-electron chi connectivity index (χ2n) is 9.91. The number of aryl methyl sites for hydroxylation is 1. The standard InChI is InChI=1S/C32H35N5O3/c1-2-40-31(39)19-12-21-37-34-30(33-35-37)23-25-24-36(22-20-29(25)38)32(26-13-6-3-7-14-26,27-15-8-4-9-16-27)28-17-10-5-11-18-28/h3-11,13-18,23,29,38H,2,12,19-22,24H2,1H3. The summed E-state index contributed by atoms with van der Waals surface area (Å²) in [6.07, 6.45) is 2.69. The van der Waals surface area contributed by atoms with Crippen LogP contribution >= 0.6 is 0 Å². The van der Waals surface area contributed by atoms with E-state index >= 15 is 0 Å². The van der Waals surface area contributed by atoms with Gasteiger partial charge in [0, 0.05) is 19.5 Å². The fourth-order valence-electron chi connectivity index (χ4n) is 5.55. The summed E-state index contributed by atoms with van der Waals surface area (Å²) >= 11 is 0. The maximum Gasteiger partial charge on any atom is 0.305 e. The van der Waals surface area contributed by atoms with E-state index in [9.17, 15) is 9.90 Å². The first-order chi connectivity index (χ1) is 19.6.